The lowest BCUT2D eigenvalue weighted by molar-refractivity contribution is 0.400. The predicted molar refractivity (Wildman–Crippen MR) is 77.2 cm³/mol. The minimum atomic E-state index is 0.666. The van der Waals surface area contributed by atoms with Crippen molar-refractivity contribution in [3.05, 3.63) is 24.1 Å². The van der Waals surface area contributed by atoms with Crippen molar-refractivity contribution in [1.29, 1.82) is 0 Å². The molecule has 2 aromatic rings. The van der Waals surface area contributed by atoms with Gasteiger partial charge in [0.1, 0.15) is 11.6 Å². The lowest BCUT2D eigenvalue weighted by atomic mass is 10.0. The molecule has 1 aliphatic rings. The van der Waals surface area contributed by atoms with Crippen LogP contribution < -0.4 is 10.2 Å². The van der Waals surface area contributed by atoms with Crippen LogP contribution in [0.5, 0.6) is 0 Å². The number of piperidine rings is 1. The van der Waals surface area contributed by atoms with Crippen LogP contribution in [0.4, 0.5) is 17.6 Å². The molecule has 0 aromatic carbocycles. The van der Waals surface area contributed by atoms with Crippen molar-refractivity contribution in [3.8, 4) is 0 Å². The fourth-order valence-corrected chi connectivity index (χ4v) is 2.50. The van der Waals surface area contributed by atoms with E-state index in [-0.39, 0.29) is 0 Å². The Balaban J connectivity index is 1.75. The molecule has 0 saturated carbocycles. The summed E-state index contributed by atoms with van der Waals surface area (Å²) < 4.78 is 5.03. The smallest absolute Gasteiger partial charge is 0.227 e. The summed E-state index contributed by atoms with van der Waals surface area (Å²) in [6.45, 7) is 6.18. The number of anilines is 3. The maximum Gasteiger partial charge on any atom is 0.227 e. The molecular weight excluding hydrogens is 254 g/mol. The van der Waals surface area contributed by atoms with Crippen molar-refractivity contribution >= 4 is 17.6 Å². The van der Waals surface area contributed by atoms with Gasteiger partial charge in [0.15, 0.2) is 5.82 Å². The van der Waals surface area contributed by atoms with Crippen molar-refractivity contribution in [2.45, 2.75) is 26.7 Å². The van der Waals surface area contributed by atoms with E-state index < -0.39 is 0 Å². The van der Waals surface area contributed by atoms with Crippen LogP contribution >= 0.6 is 0 Å². The van der Waals surface area contributed by atoms with Gasteiger partial charge in [0.25, 0.3) is 0 Å². The Morgan fingerprint density at radius 3 is 3.05 bits per heavy atom. The highest BCUT2D eigenvalue weighted by molar-refractivity contribution is 5.52. The van der Waals surface area contributed by atoms with E-state index >= 15 is 0 Å². The molecule has 1 fully saturated rings. The molecule has 3 rings (SSSR count). The minimum Gasteiger partial charge on any atom is -0.360 e. The van der Waals surface area contributed by atoms with Gasteiger partial charge in [0, 0.05) is 25.4 Å². The zero-order valence-electron chi connectivity index (χ0n) is 11.8. The van der Waals surface area contributed by atoms with Gasteiger partial charge in [-0.2, -0.15) is 4.98 Å². The molecule has 3 heterocycles. The van der Waals surface area contributed by atoms with Crippen LogP contribution in [-0.4, -0.2) is 28.2 Å². The van der Waals surface area contributed by atoms with Gasteiger partial charge >= 0.3 is 0 Å². The number of rotatable bonds is 3. The van der Waals surface area contributed by atoms with Gasteiger partial charge in [0.2, 0.25) is 5.95 Å². The van der Waals surface area contributed by atoms with Crippen LogP contribution in [0.1, 0.15) is 25.5 Å². The second-order valence-corrected chi connectivity index (χ2v) is 5.38. The Morgan fingerprint density at radius 2 is 2.30 bits per heavy atom. The van der Waals surface area contributed by atoms with Crippen molar-refractivity contribution < 1.29 is 4.52 Å². The van der Waals surface area contributed by atoms with E-state index in [0.29, 0.717) is 11.7 Å². The molecule has 106 valence electrons. The van der Waals surface area contributed by atoms with E-state index in [9.17, 15) is 0 Å². The Hall–Kier alpha value is -2.11. The SMILES string of the molecule is Cc1cc(Nc2ccnc(N3CCCC(C)C3)n2)no1. The second-order valence-electron chi connectivity index (χ2n) is 5.38. The van der Waals surface area contributed by atoms with Crippen molar-refractivity contribution in [2.75, 3.05) is 23.3 Å². The second kappa shape index (κ2) is 5.48. The first kappa shape index (κ1) is 12.9. The van der Waals surface area contributed by atoms with E-state index in [1.54, 1.807) is 6.20 Å². The van der Waals surface area contributed by atoms with Crippen LogP contribution in [0.25, 0.3) is 0 Å². The molecular formula is C14H19N5O. The van der Waals surface area contributed by atoms with Gasteiger partial charge in [-0.3, -0.25) is 0 Å². The van der Waals surface area contributed by atoms with Gasteiger partial charge in [0.05, 0.1) is 0 Å². The van der Waals surface area contributed by atoms with Gasteiger partial charge in [-0.05, 0) is 31.7 Å². The summed E-state index contributed by atoms with van der Waals surface area (Å²) in [4.78, 5) is 11.2. The normalized spacial score (nSPS) is 19.1. The van der Waals surface area contributed by atoms with E-state index in [0.717, 1.165) is 30.6 Å². The maximum atomic E-state index is 5.03. The predicted octanol–water partition coefficient (Wildman–Crippen LogP) is 2.75. The highest BCUT2D eigenvalue weighted by Gasteiger charge is 2.18. The van der Waals surface area contributed by atoms with Crippen molar-refractivity contribution in [2.24, 2.45) is 5.92 Å². The van der Waals surface area contributed by atoms with E-state index in [1.807, 2.05) is 19.1 Å². The van der Waals surface area contributed by atoms with Crippen LogP contribution in [0.15, 0.2) is 22.9 Å². The summed E-state index contributed by atoms with van der Waals surface area (Å²) in [5, 5.41) is 7.04. The summed E-state index contributed by atoms with van der Waals surface area (Å²) in [5.41, 5.74) is 0. The number of hydrogen-bond donors (Lipinski definition) is 1. The number of nitrogens with one attached hydrogen (secondary N) is 1. The third-order valence-corrected chi connectivity index (χ3v) is 3.47. The van der Waals surface area contributed by atoms with Crippen LogP contribution in [0.3, 0.4) is 0 Å². The Kier molecular flexibility index (Phi) is 3.54. The third-order valence-electron chi connectivity index (χ3n) is 3.47. The topological polar surface area (TPSA) is 67.1 Å². The Morgan fingerprint density at radius 1 is 1.40 bits per heavy atom. The molecule has 1 aliphatic heterocycles. The average Bonchev–Trinajstić information content (AvgIpc) is 2.84. The van der Waals surface area contributed by atoms with Crippen LogP contribution in [0, 0.1) is 12.8 Å². The molecule has 0 spiro atoms. The standard InChI is InChI=1S/C14H19N5O/c1-10-4-3-7-19(9-10)14-15-6-5-12(17-14)16-13-8-11(2)20-18-13/h5-6,8,10H,3-4,7,9H2,1-2H3,(H,15,16,17,18). The molecule has 0 bridgehead atoms. The number of nitrogens with zero attached hydrogens (tertiary/aromatic N) is 4. The molecule has 0 amide bonds. The first-order valence-corrected chi connectivity index (χ1v) is 6.99. The van der Waals surface area contributed by atoms with E-state index in [2.05, 4.69) is 32.3 Å². The molecule has 0 aliphatic carbocycles. The number of aromatic nitrogens is 3. The number of aryl methyl sites for hydroxylation is 1. The minimum absolute atomic E-state index is 0.666. The van der Waals surface area contributed by atoms with Crippen LogP contribution in [-0.2, 0) is 0 Å². The monoisotopic (exact) mass is 273 g/mol. The summed E-state index contributed by atoms with van der Waals surface area (Å²) >= 11 is 0. The zero-order chi connectivity index (χ0) is 13.9. The van der Waals surface area contributed by atoms with Crippen LogP contribution in [0.2, 0.25) is 0 Å². The molecule has 1 unspecified atom stereocenters. The molecule has 0 radical (unpaired) electrons. The van der Waals surface area contributed by atoms with Gasteiger partial charge in [-0.25, -0.2) is 4.98 Å². The molecule has 20 heavy (non-hydrogen) atoms. The van der Waals surface area contributed by atoms with Gasteiger partial charge in [-0.1, -0.05) is 12.1 Å². The third kappa shape index (κ3) is 2.89. The molecule has 2 aromatic heterocycles. The zero-order valence-corrected chi connectivity index (χ0v) is 11.8. The summed E-state index contributed by atoms with van der Waals surface area (Å²) in [6, 6.07) is 3.67. The molecule has 6 heteroatoms. The summed E-state index contributed by atoms with van der Waals surface area (Å²) in [5.74, 6) is 3.65. The maximum absolute atomic E-state index is 5.03. The highest BCUT2D eigenvalue weighted by atomic mass is 16.5. The average molecular weight is 273 g/mol. The molecule has 6 nitrogen and oxygen atoms in total. The highest BCUT2D eigenvalue weighted by Crippen LogP contribution is 2.21. The van der Waals surface area contributed by atoms with E-state index in [1.165, 1.54) is 12.8 Å². The van der Waals surface area contributed by atoms with Crippen molar-refractivity contribution in [1.82, 2.24) is 15.1 Å². The first-order valence-electron chi connectivity index (χ1n) is 6.99. The fourth-order valence-electron chi connectivity index (χ4n) is 2.50. The number of hydrogen-bond acceptors (Lipinski definition) is 6. The van der Waals surface area contributed by atoms with Gasteiger partial charge in [-0.15, -0.1) is 0 Å². The molecule has 1 saturated heterocycles. The Bertz CT molecular complexity index is 582. The van der Waals surface area contributed by atoms with Gasteiger partial charge < -0.3 is 14.7 Å². The first-order chi connectivity index (χ1) is 9.70. The quantitative estimate of drug-likeness (QED) is 0.927. The summed E-state index contributed by atoms with van der Waals surface area (Å²) in [7, 11) is 0. The largest absolute Gasteiger partial charge is 0.360 e. The summed E-state index contributed by atoms with van der Waals surface area (Å²) in [6.07, 6.45) is 4.26. The molecule has 1 atom stereocenters. The van der Waals surface area contributed by atoms with Crippen molar-refractivity contribution in [3.63, 3.8) is 0 Å². The lowest BCUT2D eigenvalue weighted by Gasteiger charge is -2.30. The van der Waals surface area contributed by atoms with E-state index in [4.69, 9.17) is 4.52 Å². The lowest BCUT2D eigenvalue weighted by Crippen LogP contribution is -2.35. The Labute approximate surface area is 118 Å². The fraction of sp³-hybridized carbons (Fsp3) is 0.500. The molecule has 1 N–H and O–H groups in total.